The number of unbranched alkanes of at least 4 members (excludes halogenated alkanes) is 25. The van der Waals surface area contributed by atoms with Gasteiger partial charge in [-0.1, -0.05) is 270 Å². The third-order valence-electron chi connectivity index (χ3n) is 13.6. The van der Waals surface area contributed by atoms with Crippen LogP contribution in [0.1, 0.15) is 290 Å². The molecule has 1 unspecified atom stereocenters. The quantitative estimate of drug-likeness (QED) is 0.0261. The van der Waals surface area contributed by atoms with Crippen LogP contribution in [0.15, 0.2) is 134 Å². The van der Waals surface area contributed by atoms with Crippen molar-refractivity contribution in [2.75, 3.05) is 13.2 Å². The third kappa shape index (κ3) is 64.3. The number of esters is 3. The molecule has 0 bridgehead atoms. The summed E-state index contributed by atoms with van der Waals surface area (Å²) in [4.78, 5) is 38.3. The largest absolute Gasteiger partial charge is 0.462 e. The predicted octanol–water partition coefficient (Wildman–Crippen LogP) is 22.5. The minimum atomic E-state index is -0.799. The molecule has 0 spiro atoms. The van der Waals surface area contributed by atoms with Crippen LogP contribution in [0.5, 0.6) is 0 Å². The van der Waals surface area contributed by atoms with Gasteiger partial charge in [-0.2, -0.15) is 0 Å². The zero-order chi connectivity index (χ0) is 57.1. The highest BCUT2D eigenvalue weighted by Crippen LogP contribution is 2.15. The molecule has 6 heteroatoms. The van der Waals surface area contributed by atoms with Crippen molar-refractivity contribution in [3.8, 4) is 0 Å². The Morgan fingerprint density at radius 1 is 0.266 bits per heavy atom. The fourth-order valence-electron chi connectivity index (χ4n) is 8.79. The van der Waals surface area contributed by atoms with E-state index in [4.69, 9.17) is 14.2 Å². The van der Waals surface area contributed by atoms with Crippen molar-refractivity contribution >= 4 is 17.9 Å². The maximum absolute atomic E-state index is 12.9. The Hall–Kier alpha value is -4.45. The maximum atomic E-state index is 12.9. The van der Waals surface area contributed by atoms with Crippen molar-refractivity contribution in [1.82, 2.24) is 0 Å². The van der Waals surface area contributed by atoms with Crippen LogP contribution < -0.4 is 0 Å². The van der Waals surface area contributed by atoms with Gasteiger partial charge in [0, 0.05) is 19.3 Å². The number of ether oxygens (including phenoxy) is 3. The smallest absolute Gasteiger partial charge is 0.306 e. The number of carbonyl (C=O) groups excluding carboxylic acids is 3. The normalized spacial score (nSPS) is 13.0. The Bertz CT molecular complexity index is 1680. The summed E-state index contributed by atoms with van der Waals surface area (Å²) in [5.74, 6) is -0.925. The zero-order valence-corrected chi connectivity index (χ0v) is 51.3. The van der Waals surface area contributed by atoms with E-state index in [1.54, 1.807) is 0 Å². The standard InChI is InChI=1S/C73H120O6/c1-4-7-10-13-16-19-22-25-27-29-30-31-32-33-34-35-36-37-38-39-40-41-42-44-45-48-51-54-57-60-63-66-72(75)78-69-70(68-77-71(74)65-62-59-56-53-50-47-24-21-18-15-12-9-6-3)79-73(76)67-64-61-58-55-52-49-46-43-28-26-23-20-17-14-11-8-5-2/h7-8,10-11,16-17,19-21,24-28,30-31,33-34,36-37,46,49,70H,4-6,9,12-15,18,22-23,29,32,35,38-45,47-48,50-69H2,1-3H3/b10-7-,11-8-,19-16-,20-17-,24-21-,27-25-,28-26-,31-30-,34-33-,37-36-,49-46-. The predicted molar refractivity (Wildman–Crippen MR) is 343 cm³/mol. The molecule has 0 heterocycles. The first-order valence-corrected chi connectivity index (χ1v) is 32.7. The van der Waals surface area contributed by atoms with Crippen LogP contribution in [-0.2, 0) is 28.6 Å². The lowest BCUT2D eigenvalue weighted by atomic mass is 10.0. The lowest BCUT2D eigenvalue weighted by molar-refractivity contribution is -0.167. The average molecular weight is 1090 g/mol. The molecule has 0 saturated heterocycles. The fourth-order valence-corrected chi connectivity index (χ4v) is 8.79. The minimum absolute atomic E-state index is 0.0939. The van der Waals surface area contributed by atoms with E-state index in [0.29, 0.717) is 19.3 Å². The zero-order valence-electron chi connectivity index (χ0n) is 51.3. The molecule has 0 aliphatic carbocycles. The first-order valence-electron chi connectivity index (χ1n) is 32.7. The van der Waals surface area contributed by atoms with Gasteiger partial charge in [0.1, 0.15) is 13.2 Å². The van der Waals surface area contributed by atoms with Crippen LogP contribution in [-0.4, -0.2) is 37.2 Å². The number of rotatable bonds is 58. The van der Waals surface area contributed by atoms with E-state index in [-0.39, 0.29) is 31.1 Å². The van der Waals surface area contributed by atoms with Crippen molar-refractivity contribution in [2.45, 2.75) is 297 Å². The first kappa shape index (κ1) is 74.5. The molecule has 0 fully saturated rings. The highest BCUT2D eigenvalue weighted by molar-refractivity contribution is 5.71. The Morgan fingerprint density at radius 3 is 0.785 bits per heavy atom. The Kier molecular flexibility index (Phi) is 62.3. The Labute approximate surface area is 487 Å². The summed E-state index contributed by atoms with van der Waals surface area (Å²) in [5, 5.41) is 0. The molecular formula is C73H120O6. The molecule has 0 aromatic carbocycles. The van der Waals surface area contributed by atoms with Gasteiger partial charge in [-0.15, -0.1) is 0 Å². The van der Waals surface area contributed by atoms with E-state index in [9.17, 15) is 14.4 Å². The number of allylic oxidation sites excluding steroid dienone is 22. The molecule has 0 N–H and O–H groups in total. The molecule has 0 aromatic rings. The molecule has 1 atom stereocenters. The van der Waals surface area contributed by atoms with Crippen molar-refractivity contribution in [3.05, 3.63) is 134 Å². The van der Waals surface area contributed by atoms with E-state index < -0.39 is 6.10 Å². The first-order chi connectivity index (χ1) is 39.0. The summed E-state index contributed by atoms with van der Waals surface area (Å²) >= 11 is 0. The summed E-state index contributed by atoms with van der Waals surface area (Å²) in [6.07, 6.45) is 93.2. The second-order valence-corrected chi connectivity index (χ2v) is 21.3. The third-order valence-corrected chi connectivity index (χ3v) is 13.6. The summed E-state index contributed by atoms with van der Waals surface area (Å²) in [6, 6.07) is 0. The van der Waals surface area contributed by atoms with E-state index in [1.165, 1.54) is 109 Å². The van der Waals surface area contributed by atoms with Gasteiger partial charge >= 0.3 is 17.9 Å². The summed E-state index contributed by atoms with van der Waals surface area (Å²) in [7, 11) is 0. The van der Waals surface area contributed by atoms with Gasteiger partial charge in [-0.3, -0.25) is 14.4 Å². The lowest BCUT2D eigenvalue weighted by Gasteiger charge is -2.18. The maximum Gasteiger partial charge on any atom is 0.306 e. The molecule has 6 nitrogen and oxygen atoms in total. The van der Waals surface area contributed by atoms with Crippen molar-refractivity contribution in [1.29, 1.82) is 0 Å². The molecule has 79 heavy (non-hydrogen) atoms. The van der Waals surface area contributed by atoms with Gasteiger partial charge in [-0.05, 0) is 135 Å². The van der Waals surface area contributed by atoms with Crippen molar-refractivity contribution in [2.24, 2.45) is 0 Å². The topological polar surface area (TPSA) is 78.9 Å². The molecular weight excluding hydrogens is 973 g/mol. The fraction of sp³-hybridized carbons (Fsp3) is 0.658. The van der Waals surface area contributed by atoms with Gasteiger partial charge in [0.05, 0.1) is 0 Å². The van der Waals surface area contributed by atoms with Crippen LogP contribution >= 0.6 is 0 Å². The SMILES string of the molecule is CC/C=C\C/C=C\C/C=C\C/C=C\C/C=C\C/C=C\CCCCCCCCCCCCCCC(=O)OCC(COC(=O)CCCCCCC/C=C\CCCCCC)OC(=O)CCCCCC/C=C\C/C=C\C/C=C\C/C=C\CC. The number of hydrogen-bond acceptors (Lipinski definition) is 6. The van der Waals surface area contributed by atoms with Crippen LogP contribution in [0.2, 0.25) is 0 Å². The molecule has 0 aliphatic rings. The van der Waals surface area contributed by atoms with Crippen molar-refractivity contribution in [3.63, 3.8) is 0 Å². The van der Waals surface area contributed by atoms with E-state index in [0.717, 1.165) is 141 Å². The Balaban J connectivity index is 4.29. The van der Waals surface area contributed by atoms with Gasteiger partial charge in [0.2, 0.25) is 0 Å². The molecule has 0 aliphatic heterocycles. The van der Waals surface area contributed by atoms with Crippen molar-refractivity contribution < 1.29 is 28.6 Å². The summed E-state index contributed by atoms with van der Waals surface area (Å²) in [5.41, 5.74) is 0. The van der Waals surface area contributed by atoms with E-state index >= 15 is 0 Å². The van der Waals surface area contributed by atoms with Gasteiger partial charge in [-0.25, -0.2) is 0 Å². The molecule has 0 saturated carbocycles. The highest BCUT2D eigenvalue weighted by Gasteiger charge is 2.19. The van der Waals surface area contributed by atoms with Crippen LogP contribution in [0.3, 0.4) is 0 Å². The second kappa shape index (κ2) is 66.1. The highest BCUT2D eigenvalue weighted by atomic mass is 16.6. The van der Waals surface area contributed by atoms with Crippen LogP contribution in [0, 0.1) is 0 Å². The minimum Gasteiger partial charge on any atom is -0.462 e. The number of carbonyl (C=O) groups is 3. The Morgan fingerprint density at radius 2 is 0.494 bits per heavy atom. The van der Waals surface area contributed by atoms with Crippen LogP contribution in [0.4, 0.5) is 0 Å². The van der Waals surface area contributed by atoms with Crippen LogP contribution in [0.25, 0.3) is 0 Å². The molecule has 0 amide bonds. The summed E-state index contributed by atoms with van der Waals surface area (Å²) < 4.78 is 16.9. The summed E-state index contributed by atoms with van der Waals surface area (Å²) in [6.45, 7) is 6.38. The molecule has 0 aromatic heterocycles. The average Bonchev–Trinajstić information content (AvgIpc) is 3.45. The molecule has 448 valence electrons. The van der Waals surface area contributed by atoms with E-state index in [2.05, 4.69) is 154 Å². The van der Waals surface area contributed by atoms with Gasteiger partial charge < -0.3 is 14.2 Å². The monoisotopic (exact) mass is 1090 g/mol. The molecule has 0 radical (unpaired) electrons. The lowest BCUT2D eigenvalue weighted by Crippen LogP contribution is -2.30. The number of hydrogen-bond donors (Lipinski definition) is 0. The second-order valence-electron chi connectivity index (χ2n) is 21.3. The molecule has 0 rings (SSSR count). The van der Waals surface area contributed by atoms with Gasteiger partial charge in [0.15, 0.2) is 6.10 Å². The van der Waals surface area contributed by atoms with Gasteiger partial charge in [0.25, 0.3) is 0 Å². The van der Waals surface area contributed by atoms with E-state index in [1.807, 2.05) is 0 Å².